The average molecular weight is 366 g/mol. The smallest absolute Gasteiger partial charge is 0.235 e. The van der Waals surface area contributed by atoms with Gasteiger partial charge >= 0.3 is 0 Å². The number of anilines is 1. The zero-order chi connectivity index (χ0) is 18.2. The minimum atomic E-state index is -0.781. The van der Waals surface area contributed by atoms with Gasteiger partial charge in [0.2, 0.25) is 5.91 Å². The van der Waals surface area contributed by atoms with Gasteiger partial charge in [-0.1, -0.05) is 18.5 Å². The zero-order valence-electron chi connectivity index (χ0n) is 14.9. The molecule has 1 saturated carbocycles. The van der Waals surface area contributed by atoms with Gasteiger partial charge in [0.1, 0.15) is 11.3 Å². The molecular weight excluding hydrogens is 342 g/mol. The number of rotatable bonds is 4. The van der Waals surface area contributed by atoms with Crippen molar-refractivity contribution in [2.24, 2.45) is 0 Å². The third-order valence-corrected chi connectivity index (χ3v) is 5.76. The Labute approximate surface area is 153 Å². The Morgan fingerprint density at radius 1 is 1.24 bits per heavy atom. The number of carbonyl (C=O) groups excluding carboxylic acids is 2. The molecule has 1 aromatic carbocycles. The maximum atomic E-state index is 12.8. The van der Waals surface area contributed by atoms with E-state index in [2.05, 4.69) is 0 Å². The van der Waals surface area contributed by atoms with E-state index in [1.807, 2.05) is 13.0 Å². The number of halogens is 1. The van der Waals surface area contributed by atoms with Gasteiger partial charge in [-0.05, 0) is 43.7 Å². The highest BCUT2D eigenvalue weighted by molar-refractivity contribution is 6.31. The number of ketones is 1. The van der Waals surface area contributed by atoms with E-state index < -0.39 is 5.54 Å². The van der Waals surface area contributed by atoms with Crippen LogP contribution in [0.4, 0.5) is 5.69 Å². The van der Waals surface area contributed by atoms with Crippen LogP contribution < -0.4 is 9.64 Å². The molecule has 1 saturated heterocycles. The Morgan fingerprint density at radius 2 is 1.92 bits per heavy atom. The van der Waals surface area contributed by atoms with Crippen LogP contribution in [-0.4, -0.2) is 37.6 Å². The molecule has 2 fully saturated rings. The minimum absolute atomic E-state index is 0.00566. The molecule has 2 aliphatic rings. The van der Waals surface area contributed by atoms with E-state index in [4.69, 9.17) is 21.1 Å². The van der Waals surface area contributed by atoms with E-state index in [0.717, 1.165) is 18.4 Å². The second-order valence-corrected chi connectivity index (χ2v) is 7.20. The summed E-state index contributed by atoms with van der Waals surface area (Å²) in [4.78, 5) is 27.4. The van der Waals surface area contributed by atoms with Crippen molar-refractivity contribution in [2.75, 3.05) is 19.1 Å². The molecule has 1 aliphatic heterocycles. The van der Waals surface area contributed by atoms with Crippen molar-refractivity contribution >= 4 is 29.0 Å². The van der Waals surface area contributed by atoms with Crippen LogP contribution in [0.5, 0.6) is 5.75 Å². The number of hydrogen-bond acceptors (Lipinski definition) is 4. The Hall–Kier alpha value is -1.59. The van der Waals surface area contributed by atoms with Crippen LogP contribution in [0.1, 0.15) is 44.6 Å². The van der Waals surface area contributed by atoms with Crippen molar-refractivity contribution in [1.29, 1.82) is 0 Å². The van der Waals surface area contributed by atoms with E-state index in [1.165, 1.54) is 0 Å². The number of Topliss-reactive ketones (excluding diaryl/α,β-unsaturated/α-hetero) is 1. The summed E-state index contributed by atoms with van der Waals surface area (Å²) in [5, 5.41) is 0.563. The van der Waals surface area contributed by atoms with E-state index >= 15 is 0 Å². The number of methoxy groups -OCH3 is 2. The Kier molecular flexibility index (Phi) is 5.07. The topological polar surface area (TPSA) is 55.8 Å². The Morgan fingerprint density at radius 3 is 2.48 bits per heavy atom. The van der Waals surface area contributed by atoms with Crippen LogP contribution in [0.3, 0.4) is 0 Å². The first kappa shape index (κ1) is 18.2. The van der Waals surface area contributed by atoms with Crippen LogP contribution >= 0.6 is 11.6 Å². The fourth-order valence-electron chi connectivity index (χ4n) is 4.20. The summed E-state index contributed by atoms with van der Waals surface area (Å²) in [5.74, 6) is 0.392. The quantitative estimate of drug-likeness (QED) is 0.766. The van der Waals surface area contributed by atoms with Crippen LogP contribution in [0, 0.1) is 0 Å². The molecule has 3 rings (SSSR count). The third kappa shape index (κ3) is 2.93. The molecule has 1 spiro atoms. The van der Waals surface area contributed by atoms with Gasteiger partial charge in [-0.25, -0.2) is 0 Å². The van der Waals surface area contributed by atoms with Crippen LogP contribution in [0.25, 0.3) is 0 Å². The predicted octanol–water partition coefficient (Wildman–Crippen LogP) is 3.54. The minimum Gasteiger partial charge on any atom is -0.495 e. The van der Waals surface area contributed by atoms with Gasteiger partial charge in [-0.2, -0.15) is 0 Å². The first-order valence-corrected chi connectivity index (χ1v) is 9.10. The normalized spacial score (nSPS) is 26.6. The maximum Gasteiger partial charge on any atom is 0.235 e. The number of amides is 1. The van der Waals surface area contributed by atoms with Crippen LogP contribution in [0.15, 0.2) is 12.1 Å². The SMILES string of the molecule is CCc1cc(Cl)cc(OC)c1N1C(=O)CC(=O)C12CCC(OC)CC2. The molecule has 0 unspecified atom stereocenters. The van der Waals surface area contributed by atoms with E-state index in [0.29, 0.717) is 35.7 Å². The standard InChI is InChI=1S/C19H24ClNO4/c1-4-12-9-13(20)10-15(25-3)18(12)21-17(23)11-16(22)19(21)7-5-14(24-2)6-8-19/h9-10,14H,4-8,11H2,1-3H3. The molecule has 1 aromatic rings. The van der Waals surface area contributed by atoms with Gasteiger partial charge in [0, 0.05) is 18.2 Å². The summed E-state index contributed by atoms with van der Waals surface area (Å²) in [7, 11) is 3.25. The van der Waals surface area contributed by atoms with Gasteiger partial charge in [0.15, 0.2) is 5.78 Å². The number of carbonyl (C=O) groups is 2. The molecule has 1 aliphatic carbocycles. The van der Waals surface area contributed by atoms with Gasteiger partial charge in [-0.15, -0.1) is 0 Å². The fraction of sp³-hybridized carbons (Fsp3) is 0.579. The molecule has 0 radical (unpaired) electrons. The molecule has 0 atom stereocenters. The highest BCUT2D eigenvalue weighted by Crippen LogP contribution is 2.48. The molecule has 136 valence electrons. The second kappa shape index (κ2) is 6.96. The predicted molar refractivity (Wildman–Crippen MR) is 96.5 cm³/mol. The number of aryl methyl sites for hydroxylation is 1. The summed E-state index contributed by atoms with van der Waals surface area (Å²) < 4.78 is 11.0. The Balaban J connectivity index is 2.11. The third-order valence-electron chi connectivity index (χ3n) is 5.54. The summed E-state index contributed by atoms with van der Waals surface area (Å²) >= 11 is 6.20. The van der Waals surface area contributed by atoms with E-state index in [9.17, 15) is 9.59 Å². The van der Waals surface area contributed by atoms with Crippen molar-refractivity contribution in [2.45, 2.75) is 57.1 Å². The highest BCUT2D eigenvalue weighted by atomic mass is 35.5. The van der Waals surface area contributed by atoms with Gasteiger partial charge in [0.25, 0.3) is 0 Å². The van der Waals surface area contributed by atoms with Crippen LogP contribution in [-0.2, 0) is 20.7 Å². The zero-order valence-corrected chi connectivity index (χ0v) is 15.7. The lowest BCUT2D eigenvalue weighted by atomic mass is 9.77. The molecule has 0 aromatic heterocycles. The molecule has 6 heteroatoms. The van der Waals surface area contributed by atoms with Crippen molar-refractivity contribution in [3.05, 3.63) is 22.7 Å². The lowest BCUT2D eigenvalue weighted by Crippen LogP contribution is -2.53. The molecule has 1 heterocycles. The number of ether oxygens (including phenoxy) is 2. The summed E-state index contributed by atoms with van der Waals surface area (Å²) in [6.07, 6.45) is 3.56. The molecule has 25 heavy (non-hydrogen) atoms. The summed E-state index contributed by atoms with van der Waals surface area (Å²) in [6, 6.07) is 3.56. The fourth-order valence-corrected chi connectivity index (χ4v) is 4.43. The molecule has 5 nitrogen and oxygen atoms in total. The number of hydrogen-bond donors (Lipinski definition) is 0. The lowest BCUT2D eigenvalue weighted by Gasteiger charge is -2.42. The Bertz CT molecular complexity index is 670. The summed E-state index contributed by atoms with van der Waals surface area (Å²) in [6.45, 7) is 2.01. The second-order valence-electron chi connectivity index (χ2n) is 6.77. The molecule has 1 amide bonds. The average Bonchev–Trinajstić information content (AvgIpc) is 2.85. The van der Waals surface area contributed by atoms with Crippen molar-refractivity contribution in [3.8, 4) is 5.75 Å². The van der Waals surface area contributed by atoms with Crippen molar-refractivity contribution in [1.82, 2.24) is 0 Å². The van der Waals surface area contributed by atoms with Crippen LogP contribution in [0.2, 0.25) is 5.02 Å². The molecule has 0 N–H and O–H groups in total. The maximum absolute atomic E-state index is 12.8. The van der Waals surface area contributed by atoms with Crippen molar-refractivity contribution < 1.29 is 19.1 Å². The molecular formula is C19H24ClNO4. The lowest BCUT2D eigenvalue weighted by molar-refractivity contribution is -0.124. The van der Waals surface area contributed by atoms with E-state index in [1.54, 1.807) is 25.2 Å². The van der Waals surface area contributed by atoms with Crippen molar-refractivity contribution in [3.63, 3.8) is 0 Å². The van der Waals surface area contributed by atoms with Gasteiger partial charge in [0.05, 0.1) is 25.3 Å². The highest BCUT2D eigenvalue weighted by Gasteiger charge is 2.55. The largest absolute Gasteiger partial charge is 0.495 e. The van der Waals surface area contributed by atoms with Gasteiger partial charge < -0.3 is 9.47 Å². The van der Waals surface area contributed by atoms with E-state index in [-0.39, 0.29) is 24.2 Å². The summed E-state index contributed by atoms with van der Waals surface area (Å²) in [5.41, 5.74) is 0.832. The number of nitrogens with zero attached hydrogens (tertiary/aromatic N) is 1. The van der Waals surface area contributed by atoms with Gasteiger partial charge in [-0.3, -0.25) is 14.5 Å². The molecule has 0 bridgehead atoms. The first-order chi connectivity index (χ1) is 12.0. The first-order valence-electron chi connectivity index (χ1n) is 8.72. The number of benzene rings is 1. The monoisotopic (exact) mass is 365 g/mol.